The van der Waals surface area contributed by atoms with E-state index in [1.54, 1.807) is 36.4 Å². The maximum Gasteiger partial charge on any atom is 0.235 e. The molecule has 0 bridgehead atoms. The number of rotatable bonds is 7. The minimum absolute atomic E-state index is 0.0960. The van der Waals surface area contributed by atoms with Crippen molar-refractivity contribution in [2.24, 2.45) is 0 Å². The highest BCUT2D eigenvalue weighted by Gasteiger charge is 2.21. The van der Waals surface area contributed by atoms with Crippen molar-refractivity contribution in [1.82, 2.24) is 9.62 Å². The van der Waals surface area contributed by atoms with Crippen molar-refractivity contribution >= 4 is 39.1 Å². The molecule has 0 aliphatic heterocycles. The van der Waals surface area contributed by atoms with Crippen molar-refractivity contribution in [3.63, 3.8) is 0 Å². The molecule has 0 fully saturated rings. The maximum atomic E-state index is 12.3. The molecule has 0 radical (unpaired) electrons. The zero-order valence-electron chi connectivity index (χ0n) is 14.4. The van der Waals surface area contributed by atoms with Crippen LogP contribution in [0.25, 0.3) is 0 Å². The Morgan fingerprint density at radius 1 is 1.04 bits per heavy atom. The number of halogens is 2. The summed E-state index contributed by atoms with van der Waals surface area (Å²) in [4.78, 5) is 12.3. The molecule has 0 heterocycles. The van der Waals surface area contributed by atoms with Gasteiger partial charge in [-0.25, -0.2) is 8.42 Å². The van der Waals surface area contributed by atoms with Crippen molar-refractivity contribution in [2.45, 2.75) is 19.5 Å². The minimum Gasteiger partial charge on any atom is -0.348 e. The smallest absolute Gasteiger partial charge is 0.235 e. The molecule has 26 heavy (non-hydrogen) atoms. The number of nitrogens with one attached hydrogen (secondary N) is 1. The quantitative estimate of drug-likeness (QED) is 0.751. The van der Waals surface area contributed by atoms with Gasteiger partial charge in [-0.3, -0.25) is 4.79 Å². The second-order valence-corrected chi connectivity index (χ2v) is 8.85. The number of carbonyl (C=O) groups excluding carboxylic acids is 1. The molecule has 1 atom stereocenters. The number of carbonyl (C=O) groups is 1. The fourth-order valence-corrected chi connectivity index (χ4v) is 3.35. The summed E-state index contributed by atoms with van der Waals surface area (Å²) >= 11 is 11.7. The zero-order chi connectivity index (χ0) is 19.3. The monoisotopic (exact) mass is 414 g/mol. The number of amides is 1. The first-order chi connectivity index (χ1) is 12.1. The maximum absolute atomic E-state index is 12.3. The Kier molecular flexibility index (Phi) is 7.06. The number of benzene rings is 2. The van der Waals surface area contributed by atoms with E-state index in [4.69, 9.17) is 23.2 Å². The lowest BCUT2D eigenvalue weighted by molar-refractivity contribution is -0.122. The van der Waals surface area contributed by atoms with Gasteiger partial charge in [0.15, 0.2) is 0 Å². The molecule has 0 spiro atoms. The summed E-state index contributed by atoms with van der Waals surface area (Å²) in [6, 6.07) is 13.7. The van der Waals surface area contributed by atoms with Crippen molar-refractivity contribution in [3.05, 3.63) is 69.7 Å². The molecule has 0 aliphatic rings. The Morgan fingerprint density at radius 2 is 1.54 bits per heavy atom. The third-order valence-electron chi connectivity index (χ3n) is 3.81. The third kappa shape index (κ3) is 6.29. The highest BCUT2D eigenvalue weighted by molar-refractivity contribution is 7.88. The van der Waals surface area contributed by atoms with Gasteiger partial charge in [-0.1, -0.05) is 47.5 Å². The van der Waals surface area contributed by atoms with E-state index < -0.39 is 10.0 Å². The van der Waals surface area contributed by atoms with Gasteiger partial charge < -0.3 is 5.32 Å². The van der Waals surface area contributed by atoms with Crippen LogP contribution in [-0.4, -0.2) is 31.4 Å². The fraction of sp³-hybridized carbons (Fsp3) is 0.278. The van der Waals surface area contributed by atoms with Crippen LogP contribution in [0.4, 0.5) is 0 Å². The largest absolute Gasteiger partial charge is 0.348 e. The molecule has 0 aromatic heterocycles. The molecule has 0 saturated heterocycles. The highest BCUT2D eigenvalue weighted by atomic mass is 35.5. The van der Waals surface area contributed by atoms with Crippen molar-refractivity contribution in [3.8, 4) is 0 Å². The van der Waals surface area contributed by atoms with E-state index in [9.17, 15) is 13.2 Å². The van der Waals surface area contributed by atoms with Gasteiger partial charge >= 0.3 is 0 Å². The topological polar surface area (TPSA) is 66.5 Å². The molecule has 2 aromatic rings. The van der Waals surface area contributed by atoms with E-state index in [0.29, 0.717) is 10.0 Å². The van der Waals surface area contributed by atoms with Crippen LogP contribution in [0.2, 0.25) is 10.0 Å². The van der Waals surface area contributed by atoms with Gasteiger partial charge in [0.2, 0.25) is 15.9 Å². The molecule has 2 aromatic carbocycles. The lowest BCUT2D eigenvalue weighted by Gasteiger charge is -2.21. The van der Waals surface area contributed by atoms with E-state index in [2.05, 4.69) is 5.32 Å². The minimum atomic E-state index is -3.55. The number of nitrogens with zero attached hydrogens (tertiary/aromatic N) is 1. The predicted octanol–water partition coefficient (Wildman–Crippen LogP) is 3.63. The standard InChI is InChI=1S/C18H20Cl2N2O3S/c1-13(15-5-9-17(20)10-6-15)21-18(23)12-22(26(2,24)25)11-14-3-7-16(19)8-4-14/h3-10,13H,11-12H2,1-2H3,(H,21,23)/t13-/m0/s1. The molecule has 0 unspecified atom stereocenters. The molecule has 8 heteroatoms. The van der Waals surface area contributed by atoms with E-state index in [0.717, 1.165) is 21.7 Å². The third-order valence-corrected chi connectivity index (χ3v) is 5.51. The van der Waals surface area contributed by atoms with Crippen molar-refractivity contribution in [1.29, 1.82) is 0 Å². The normalized spacial score (nSPS) is 12.8. The zero-order valence-corrected chi connectivity index (χ0v) is 16.8. The van der Waals surface area contributed by atoms with E-state index >= 15 is 0 Å². The molecular formula is C18H20Cl2N2O3S. The number of hydrogen-bond donors (Lipinski definition) is 1. The van der Waals surface area contributed by atoms with Gasteiger partial charge in [-0.05, 0) is 42.3 Å². The predicted molar refractivity (Wildman–Crippen MR) is 105 cm³/mol. The average molecular weight is 415 g/mol. The SMILES string of the molecule is C[C@H](NC(=O)CN(Cc1ccc(Cl)cc1)S(C)(=O)=O)c1ccc(Cl)cc1. The summed E-state index contributed by atoms with van der Waals surface area (Å²) in [5, 5.41) is 3.98. The van der Waals surface area contributed by atoms with Crippen LogP contribution in [0.1, 0.15) is 24.1 Å². The molecule has 1 amide bonds. The summed E-state index contributed by atoms with van der Waals surface area (Å²) < 4.78 is 25.2. The Balaban J connectivity index is 2.04. The van der Waals surface area contributed by atoms with Crippen molar-refractivity contribution < 1.29 is 13.2 Å². The van der Waals surface area contributed by atoms with Gasteiger partial charge in [-0.2, -0.15) is 4.31 Å². The Hall–Kier alpha value is -1.60. The van der Waals surface area contributed by atoms with Crippen LogP contribution in [0.15, 0.2) is 48.5 Å². The van der Waals surface area contributed by atoms with Gasteiger partial charge in [0, 0.05) is 16.6 Å². The second kappa shape index (κ2) is 8.86. The molecule has 0 saturated carbocycles. The summed E-state index contributed by atoms with van der Waals surface area (Å²) in [5.41, 5.74) is 1.63. The summed E-state index contributed by atoms with van der Waals surface area (Å²) in [5.74, 6) is -0.383. The van der Waals surface area contributed by atoms with Crippen molar-refractivity contribution in [2.75, 3.05) is 12.8 Å². The molecule has 5 nitrogen and oxygen atoms in total. The average Bonchev–Trinajstić information content (AvgIpc) is 2.56. The molecular weight excluding hydrogens is 395 g/mol. The van der Waals surface area contributed by atoms with Crippen LogP contribution in [-0.2, 0) is 21.4 Å². The molecule has 0 aliphatic carbocycles. The second-order valence-electron chi connectivity index (χ2n) is 6.00. The summed E-state index contributed by atoms with van der Waals surface area (Å²) in [7, 11) is -3.55. The Bertz CT molecular complexity index is 853. The van der Waals surface area contributed by atoms with Gasteiger partial charge in [0.1, 0.15) is 0 Å². The van der Waals surface area contributed by atoms with E-state index in [1.165, 1.54) is 0 Å². The lowest BCUT2D eigenvalue weighted by Crippen LogP contribution is -2.40. The van der Waals surface area contributed by atoms with Gasteiger partial charge in [-0.15, -0.1) is 0 Å². The van der Waals surface area contributed by atoms with Crippen LogP contribution in [0.3, 0.4) is 0 Å². The first-order valence-corrected chi connectivity index (χ1v) is 10.5. The van der Waals surface area contributed by atoms with Gasteiger partial charge in [0.25, 0.3) is 0 Å². The summed E-state index contributed by atoms with van der Waals surface area (Å²) in [6.45, 7) is 1.66. The first-order valence-electron chi connectivity index (χ1n) is 7.89. The summed E-state index contributed by atoms with van der Waals surface area (Å²) in [6.07, 6.45) is 1.08. The van der Waals surface area contributed by atoms with Crippen LogP contribution in [0.5, 0.6) is 0 Å². The Morgan fingerprint density at radius 3 is 2.04 bits per heavy atom. The highest BCUT2D eigenvalue weighted by Crippen LogP contribution is 2.17. The molecule has 1 N–H and O–H groups in total. The van der Waals surface area contributed by atoms with Crippen LogP contribution in [0, 0.1) is 0 Å². The van der Waals surface area contributed by atoms with E-state index in [-0.39, 0.29) is 25.0 Å². The Labute approximate surface area is 164 Å². The van der Waals surface area contributed by atoms with E-state index in [1.807, 2.05) is 19.1 Å². The van der Waals surface area contributed by atoms with Gasteiger partial charge in [0.05, 0.1) is 18.8 Å². The number of sulfonamides is 1. The fourth-order valence-electron chi connectivity index (χ4n) is 2.37. The van der Waals surface area contributed by atoms with Crippen LogP contribution >= 0.6 is 23.2 Å². The lowest BCUT2D eigenvalue weighted by atomic mass is 10.1. The first kappa shape index (κ1) is 20.7. The molecule has 140 valence electrons. The van der Waals surface area contributed by atoms with Crippen LogP contribution < -0.4 is 5.32 Å². The molecule has 2 rings (SSSR count). The number of hydrogen-bond acceptors (Lipinski definition) is 3.